The summed E-state index contributed by atoms with van der Waals surface area (Å²) in [5.41, 5.74) is 2.47. The van der Waals surface area contributed by atoms with Crippen LogP contribution in [-0.4, -0.2) is 9.97 Å². The molecule has 29 heavy (non-hydrogen) atoms. The number of fused-ring (bicyclic) bond motifs is 1. The first kappa shape index (κ1) is 18.2. The highest BCUT2D eigenvalue weighted by atomic mass is 16.5. The molecular formula is C24H17N3O2. The van der Waals surface area contributed by atoms with Crippen LogP contribution in [-0.2, 0) is 6.61 Å². The third-order valence-corrected chi connectivity index (χ3v) is 4.43. The van der Waals surface area contributed by atoms with E-state index in [9.17, 15) is 10.1 Å². The smallest absolute Gasteiger partial charge is 0.259 e. The van der Waals surface area contributed by atoms with Crippen LogP contribution in [0.15, 0.2) is 83.7 Å². The van der Waals surface area contributed by atoms with E-state index < -0.39 is 0 Å². The minimum atomic E-state index is -0.267. The summed E-state index contributed by atoms with van der Waals surface area (Å²) in [5.74, 6) is 0.988. The lowest BCUT2D eigenvalue weighted by Crippen LogP contribution is -2.11. The number of aromatic amines is 1. The fourth-order valence-electron chi connectivity index (χ4n) is 2.94. The first-order valence-corrected chi connectivity index (χ1v) is 9.11. The predicted octanol–water partition coefficient (Wildman–Crippen LogP) is 4.57. The minimum Gasteiger partial charge on any atom is -0.489 e. The van der Waals surface area contributed by atoms with Crippen LogP contribution in [0.25, 0.3) is 22.6 Å². The highest BCUT2D eigenvalue weighted by Crippen LogP contribution is 2.19. The fraction of sp³-hybridized carbons (Fsp3) is 0.0417. The van der Waals surface area contributed by atoms with Gasteiger partial charge in [0.25, 0.3) is 5.56 Å². The Kier molecular flexibility index (Phi) is 5.17. The molecule has 0 aliphatic carbocycles. The monoisotopic (exact) mass is 379 g/mol. The Morgan fingerprint density at radius 3 is 2.48 bits per heavy atom. The number of rotatable bonds is 5. The number of para-hydroxylation sites is 1. The average Bonchev–Trinajstić information content (AvgIpc) is 2.77. The Morgan fingerprint density at radius 1 is 1.00 bits per heavy atom. The minimum absolute atomic E-state index is 0.251. The molecule has 0 amide bonds. The van der Waals surface area contributed by atoms with Gasteiger partial charge in [0.15, 0.2) is 5.82 Å². The van der Waals surface area contributed by atoms with Crippen LogP contribution in [0.1, 0.15) is 17.0 Å². The molecule has 0 saturated carbocycles. The number of ether oxygens (including phenoxy) is 1. The first-order chi connectivity index (χ1) is 14.2. The molecule has 1 N–H and O–H groups in total. The van der Waals surface area contributed by atoms with E-state index in [0.717, 1.165) is 16.9 Å². The van der Waals surface area contributed by atoms with Crippen molar-refractivity contribution in [3.63, 3.8) is 0 Å². The van der Waals surface area contributed by atoms with Crippen LogP contribution in [0, 0.1) is 11.3 Å². The summed E-state index contributed by atoms with van der Waals surface area (Å²) in [4.78, 5) is 19.4. The average molecular weight is 379 g/mol. The predicted molar refractivity (Wildman–Crippen MR) is 113 cm³/mol. The van der Waals surface area contributed by atoms with Crippen LogP contribution in [0.3, 0.4) is 0 Å². The van der Waals surface area contributed by atoms with E-state index in [0.29, 0.717) is 17.5 Å². The molecule has 1 aromatic heterocycles. The van der Waals surface area contributed by atoms with E-state index in [2.05, 4.69) is 16.0 Å². The SMILES string of the molecule is N#C/C(=C\c1ccc(OCc2ccccc2)cc1)c1nc2ccccc2c(=O)[nH]1. The molecule has 0 spiro atoms. The van der Waals surface area contributed by atoms with Gasteiger partial charge in [-0.25, -0.2) is 4.98 Å². The molecule has 4 rings (SSSR count). The lowest BCUT2D eigenvalue weighted by Gasteiger charge is -2.06. The van der Waals surface area contributed by atoms with Crippen LogP contribution < -0.4 is 10.3 Å². The number of aromatic nitrogens is 2. The second-order valence-corrected chi connectivity index (χ2v) is 6.44. The number of nitrogens with zero attached hydrogens (tertiary/aromatic N) is 2. The van der Waals surface area contributed by atoms with Crippen molar-refractivity contribution in [2.75, 3.05) is 0 Å². The Hall–Kier alpha value is -4.17. The van der Waals surface area contributed by atoms with E-state index in [4.69, 9.17) is 4.74 Å². The highest BCUT2D eigenvalue weighted by Gasteiger charge is 2.08. The van der Waals surface area contributed by atoms with Gasteiger partial charge in [-0.2, -0.15) is 5.26 Å². The van der Waals surface area contributed by atoms with E-state index >= 15 is 0 Å². The highest BCUT2D eigenvalue weighted by molar-refractivity contribution is 5.89. The Bertz CT molecular complexity index is 1270. The molecule has 4 aromatic rings. The van der Waals surface area contributed by atoms with E-state index in [1.165, 1.54) is 0 Å². The first-order valence-electron chi connectivity index (χ1n) is 9.11. The molecule has 0 aliphatic rings. The third-order valence-electron chi connectivity index (χ3n) is 4.43. The van der Waals surface area contributed by atoms with Gasteiger partial charge in [-0.1, -0.05) is 54.6 Å². The molecule has 5 heteroatoms. The van der Waals surface area contributed by atoms with Crippen molar-refractivity contribution < 1.29 is 4.74 Å². The van der Waals surface area contributed by atoms with Crippen molar-refractivity contribution >= 4 is 22.6 Å². The zero-order valence-corrected chi connectivity index (χ0v) is 15.5. The number of allylic oxidation sites excluding steroid dienone is 1. The van der Waals surface area contributed by atoms with Crippen molar-refractivity contribution in [2.24, 2.45) is 0 Å². The normalized spacial score (nSPS) is 11.2. The second kappa shape index (κ2) is 8.24. The Balaban J connectivity index is 1.56. The van der Waals surface area contributed by atoms with Gasteiger partial charge in [0.05, 0.1) is 16.5 Å². The third kappa shape index (κ3) is 4.23. The van der Waals surface area contributed by atoms with Gasteiger partial charge in [0.1, 0.15) is 18.4 Å². The fourth-order valence-corrected chi connectivity index (χ4v) is 2.94. The molecule has 5 nitrogen and oxygen atoms in total. The molecule has 0 atom stereocenters. The van der Waals surface area contributed by atoms with Crippen LogP contribution in [0.5, 0.6) is 5.75 Å². The summed E-state index contributed by atoms with van der Waals surface area (Å²) >= 11 is 0. The van der Waals surface area contributed by atoms with Gasteiger partial charge in [-0.15, -0.1) is 0 Å². The summed E-state index contributed by atoms with van der Waals surface area (Å²) in [7, 11) is 0. The van der Waals surface area contributed by atoms with Gasteiger partial charge in [0, 0.05) is 0 Å². The number of nitrogens with one attached hydrogen (secondary N) is 1. The number of hydrogen-bond acceptors (Lipinski definition) is 4. The van der Waals surface area contributed by atoms with E-state index in [1.807, 2.05) is 60.7 Å². The molecular weight excluding hydrogens is 362 g/mol. The largest absolute Gasteiger partial charge is 0.489 e. The molecule has 3 aromatic carbocycles. The summed E-state index contributed by atoms with van der Waals surface area (Å²) in [6.07, 6.45) is 1.69. The summed E-state index contributed by atoms with van der Waals surface area (Å²) in [5, 5.41) is 10.1. The number of nitriles is 1. The molecule has 1 heterocycles. The molecule has 0 saturated heterocycles. The van der Waals surface area contributed by atoms with Crippen molar-refractivity contribution in [3.8, 4) is 11.8 Å². The van der Waals surface area contributed by atoms with Gasteiger partial charge in [-0.3, -0.25) is 4.79 Å². The zero-order chi connectivity index (χ0) is 20.1. The molecule has 0 aliphatic heterocycles. The van der Waals surface area contributed by atoms with Gasteiger partial charge in [-0.05, 0) is 41.5 Å². The van der Waals surface area contributed by atoms with Crippen LogP contribution in [0.2, 0.25) is 0 Å². The van der Waals surface area contributed by atoms with Crippen molar-refractivity contribution in [1.29, 1.82) is 5.26 Å². The van der Waals surface area contributed by atoms with Gasteiger partial charge >= 0.3 is 0 Å². The molecule has 0 bridgehead atoms. The van der Waals surface area contributed by atoms with Crippen molar-refractivity contribution in [3.05, 3.63) is 106 Å². The summed E-state index contributed by atoms with van der Waals surface area (Å²) in [6.45, 7) is 0.488. The maximum atomic E-state index is 12.3. The van der Waals surface area contributed by atoms with E-state index in [-0.39, 0.29) is 17.0 Å². The second-order valence-electron chi connectivity index (χ2n) is 6.44. The zero-order valence-electron chi connectivity index (χ0n) is 15.5. The molecule has 0 radical (unpaired) electrons. The van der Waals surface area contributed by atoms with Crippen molar-refractivity contribution in [2.45, 2.75) is 6.61 Å². The quantitative estimate of drug-likeness (QED) is 0.515. The number of hydrogen-bond donors (Lipinski definition) is 1. The topological polar surface area (TPSA) is 78.8 Å². The van der Waals surface area contributed by atoms with Crippen LogP contribution >= 0.6 is 0 Å². The van der Waals surface area contributed by atoms with Gasteiger partial charge in [0.2, 0.25) is 0 Å². The van der Waals surface area contributed by atoms with Crippen molar-refractivity contribution in [1.82, 2.24) is 9.97 Å². The Morgan fingerprint density at radius 2 is 1.72 bits per heavy atom. The lowest BCUT2D eigenvalue weighted by molar-refractivity contribution is 0.306. The van der Waals surface area contributed by atoms with Crippen LogP contribution in [0.4, 0.5) is 0 Å². The standard InChI is InChI=1S/C24H17N3O2/c25-15-19(23-26-22-9-5-4-8-21(22)24(28)27-23)14-17-10-12-20(13-11-17)29-16-18-6-2-1-3-7-18/h1-14H,16H2,(H,26,27,28)/b19-14+. The Labute approximate surface area is 167 Å². The maximum Gasteiger partial charge on any atom is 0.259 e. The number of H-pyrrole nitrogens is 1. The lowest BCUT2D eigenvalue weighted by atomic mass is 10.1. The maximum absolute atomic E-state index is 12.3. The van der Waals surface area contributed by atoms with Gasteiger partial charge < -0.3 is 9.72 Å². The summed E-state index contributed by atoms with van der Waals surface area (Å²) in [6, 6.07) is 26.5. The summed E-state index contributed by atoms with van der Waals surface area (Å²) < 4.78 is 5.78. The molecule has 140 valence electrons. The van der Waals surface area contributed by atoms with E-state index in [1.54, 1.807) is 24.3 Å². The number of benzene rings is 3. The molecule has 0 unspecified atom stereocenters. The molecule has 0 fully saturated rings.